The highest BCUT2D eigenvalue weighted by Crippen LogP contribution is 2.25. The summed E-state index contributed by atoms with van der Waals surface area (Å²) >= 11 is 0. The molecule has 0 saturated heterocycles. The first-order valence-corrected chi connectivity index (χ1v) is 5.37. The summed E-state index contributed by atoms with van der Waals surface area (Å²) in [6.45, 7) is 1.73. The average molecular weight is 182 g/mol. The van der Waals surface area contributed by atoms with Gasteiger partial charge in [-0.05, 0) is 25.7 Å². The minimum absolute atomic E-state index is 0.267. The topological polar surface area (TPSA) is 41.1 Å². The maximum absolute atomic E-state index is 11.3. The van der Waals surface area contributed by atoms with E-state index in [0.29, 0.717) is 5.92 Å². The Morgan fingerprint density at radius 2 is 1.92 bits per heavy atom. The van der Waals surface area contributed by atoms with E-state index in [2.05, 4.69) is 10.6 Å². The van der Waals surface area contributed by atoms with Gasteiger partial charge in [0.05, 0.1) is 0 Å². The summed E-state index contributed by atoms with van der Waals surface area (Å²) in [4.78, 5) is 11.3. The molecule has 0 aliphatic heterocycles. The van der Waals surface area contributed by atoms with Crippen molar-refractivity contribution in [2.75, 3.05) is 13.1 Å². The second kappa shape index (κ2) is 4.09. The van der Waals surface area contributed by atoms with Gasteiger partial charge in [-0.3, -0.25) is 4.79 Å². The van der Waals surface area contributed by atoms with Gasteiger partial charge < -0.3 is 10.6 Å². The zero-order valence-corrected chi connectivity index (χ0v) is 8.01. The third kappa shape index (κ3) is 2.69. The fourth-order valence-electron chi connectivity index (χ4n) is 1.56. The summed E-state index contributed by atoms with van der Waals surface area (Å²) in [6.07, 6.45) is 6.06. The van der Waals surface area contributed by atoms with Crippen LogP contribution in [0.5, 0.6) is 0 Å². The van der Waals surface area contributed by atoms with Gasteiger partial charge in [0.1, 0.15) is 0 Å². The lowest BCUT2D eigenvalue weighted by Gasteiger charge is -2.24. The average Bonchev–Trinajstić information content (AvgIpc) is 2.77. The molecule has 0 aromatic carbocycles. The smallest absolute Gasteiger partial charge is 0.223 e. The Labute approximate surface area is 79.3 Å². The van der Waals surface area contributed by atoms with Crippen LogP contribution in [0.2, 0.25) is 0 Å². The Morgan fingerprint density at radius 1 is 1.15 bits per heavy atom. The van der Waals surface area contributed by atoms with Gasteiger partial charge in [-0.1, -0.05) is 6.42 Å². The zero-order valence-electron chi connectivity index (χ0n) is 8.01. The van der Waals surface area contributed by atoms with Crippen LogP contribution in [-0.2, 0) is 4.79 Å². The first-order chi connectivity index (χ1) is 6.36. The third-order valence-electron chi connectivity index (χ3n) is 2.91. The predicted octanol–water partition coefficient (Wildman–Crippen LogP) is 0.655. The lowest BCUT2D eigenvalue weighted by Crippen LogP contribution is -2.38. The van der Waals surface area contributed by atoms with Crippen molar-refractivity contribution >= 4 is 5.91 Å². The van der Waals surface area contributed by atoms with Gasteiger partial charge in [0.25, 0.3) is 0 Å². The van der Waals surface area contributed by atoms with E-state index in [9.17, 15) is 4.79 Å². The van der Waals surface area contributed by atoms with Crippen molar-refractivity contribution in [1.82, 2.24) is 10.6 Å². The molecule has 0 aromatic heterocycles. The van der Waals surface area contributed by atoms with Crippen molar-refractivity contribution in [3.8, 4) is 0 Å². The molecule has 2 saturated carbocycles. The molecule has 0 atom stereocenters. The molecule has 2 N–H and O–H groups in total. The highest BCUT2D eigenvalue weighted by Gasteiger charge is 2.24. The molecule has 0 radical (unpaired) electrons. The summed E-state index contributed by atoms with van der Waals surface area (Å²) in [6, 6.07) is 0.751. The lowest BCUT2D eigenvalue weighted by molar-refractivity contribution is -0.127. The molecule has 0 aromatic rings. The molecule has 0 heterocycles. The summed E-state index contributed by atoms with van der Waals surface area (Å²) in [5.41, 5.74) is 0. The molecule has 2 aliphatic rings. The minimum atomic E-state index is 0.267. The van der Waals surface area contributed by atoms with Gasteiger partial charge in [-0.15, -0.1) is 0 Å². The van der Waals surface area contributed by atoms with Crippen molar-refractivity contribution in [3.63, 3.8) is 0 Å². The van der Waals surface area contributed by atoms with Crippen molar-refractivity contribution in [2.24, 2.45) is 5.92 Å². The van der Waals surface area contributed by atoms with Gasteiger partial charge in [-0.25, -0.2) is 0 Å². The molecule has 74 valence electrons. The molecule has 0 spiro atoms. The summed E-state index contributed by atoms with van der Waals surface area (Å²) in [7, 11) is 0. The van der Waals surface area contributed by atoms with Crippen LogP contribution in [0, 0.1) is 5.92 Å². The first kappa shape index (κ1) is 9.00. The van der Waals surface area contributed by atoms with Crippen LogP contribution in [0.1, 0.15) is 32.1 Å². The largest absolute Gasteiger partial charge is 0.355 e. The van der Waals surface area contributed by atoms with Crippen LogP contribution >= 0.6 is 0 Å². The highest BCUT2D eigenvalue weighted by molar-refractivity contribution is 5.79. The summed E-state index contributed by atoms with van der Waals surface area (Å²) < 4.78 is 0. The number of hydrogen-bond acceptors (Lipinski definition) is 2. The monoisotopic (exact) mass is 182 g/mol. The molecular formula is C10H18N2O. The second-order valence-electron chi connectivity index (χ2n) is 4.15. The third-order valence-corrected chi connectivity index (χ3v) is 2.91. The molecule has 2 fully saturated rings. The Hall–Kier alpha value is -0.570. The lowest BCUT2D eigenvalue weighted by atomic mass is 9.85. The normalized spacial score (nSPS) is 22.5. The fraction of sp³-hybridized carbons (Fsp3) is 0.900. The Balaban J connectivity index is 1.48. The van der Waals surface area contributed by atoms with Gasteiger partial charge >= 0.3 is 0 Å². The number of hydrogen-bond donors (Lipinski definition) is 2. The molecule has 2 aliphatic carbocycles. The van der Waals surface area contributed by atoms with Crippen molar-refractivity contribution in [3.05, 3.63) is 0 Å². The quantitative estimate of drug-likeness (QED) is 0.613. The van der Waals surface area contributed by atoms with E-state index >= 15 is 0 Å². The van der Waals surface area contributed by atoms with Crippen LogP contribution in [0.3, 0.4) is 0 Å². The van der Waals surface area contributed by atoms with E-state index in [1.165, 1.54) is 19.3 Å². The number of nitrogens with one attached hydrogen (secondary N) is 2. The molecule has 13 heavy (non-hydrogen) atoms. The standard InChI is InChI=1S/C10H18N2O/c13-10(8-2-1-3-8)12-7-6-11-9-4-5-9/h8-9,11H,1-7H2,(H,12,13). The van der Waals surface area contributed by atoms with Crippen molar-refractivity contribution in [2.45, 2.75) is 38.1 Å². The van der Waals surface area contributed by atoms with Gasteiger partial charge in [0.15, 0.2) is 0 Å². The van der Waals surface area contributed by atoms with Crippen LogP contribution in [-0.4, -0.2) is 25.0 Å². The van der Waals surface area contributed by atoms with E-state index in [1.807, 2.05) is 0 Å². The zero-order chi connectivity index (χ0) is 9.10. The maximum Gasteiger partial charge on any atom is 0.223 e. The van der Waals surface area contributed by atoms with Crippen LogP contribution in [0.4, 0.5) is 0 Å². The van der Waals surface area contributed by atoms with Gasteiger partial charge in [-0.2, -0.15) is 0 Å². The van der Waals surface area contributed by atoms with Crippen LogP contribution in [0.15, 0.2) is 0 Å². The van der Waals surface area contributed by atoms with E-state index < -0.39 is 0 Å². The van der Waals surface area contributed by atoms with E-state index in [1.54, 1.807) is 0 Å². The highest BCUT2D eigenvalue weighted by atomic mass is 16.1. The van der Waals surface area contributed by atoms with Crippen LogP contribution < -0.4 is 10.6 Å². The molecule has 2 rings (SSSR count). The summed E-state index contributed by atoms with van der Waals surface area (Å²) in [5.74, 6) is 0.602. The van der Waals surface area contributed by atoms with Crippen molar-refractivity contribution in [1.29, 1.82) is 0 Å². The first-order valence-electron chi connectivity index (χ1n) is 5.37. The number of carbonyl (C=O) groups is 1. The molecule has 0 unspecified atom stereocenters. The number of amides is 1. The number of rotatable bonds is 5. The molecule has 3 nitrogen and oxygen atoms in total. The molecular weight excluding hydrogens is 164 g/mol. The van der Waals surface area contributed by atoms with Gasteiger partial charge in [0, 0.05) is 25.0 Å². The second-order valence-corrected chi connectivity index (χ2v) is 4.15. The molecule has 1 amide bonds. The maximum atomic E-state index is 11.3. The molecule has 3 heteroatoms. The van der Waals surface area contributed by atoms with E-state index in [0.717, 1.165) is 32.0 Å². The fourth-order valence-corrected chi connectivity index (χ4v) is 1.56. The minimum Gasteiger partial charge on any atom is -0.355 e. The van der Waals surface area contributed by atoms with Crippen LogP contribution in [0.25, 0.3) is 0 Å². The van der Waals surface area contributed by atoms with E-state index in [4.69, 9.17) is 0 Å². The Kier molecular flexibility index (Phi) is 2.83. The van der Waals surface area contributed by atoms with Gasteiger partial charge in [0.2, 0.25) is 5.91 Å². The number of carbonyl (C=O) groups excluding carboxylic acids is 1. The Bertz CT molecular complexity index is 185. The molecule has 0 bridgehead atoms. The van der Waals surface area contributed by atoms with Crippen molar-refractivity contribution < 1.29 is 4.79 Å². The predicted molar refractivity (Wildman–Crippen MR) is 51.4 cm³/mol. The SMILES string of the molecule is O=C(NCCNC1CC1)C1CCC1. The van der Waals surface area contributed by atoms with E-state index in [-0.39, 0.29) is 5.91 Å². The summed E-state index contributed by atoms with van der Waals surface area (Å²) in [5, 5.41) is 6.34. The Morgan fingerprint density at radius 3 is 2.46 bits per heavy atom.